The number of rotatable bonds is 8. The minimum Gasteiger partial charge on any atom is -0.299 e. The fraction of sp³-hybridized carbons (Fsp3) is 0.348. The largest absolute Gasteiger partial charge is 0.399 e. The number of carbonyl (C=O) groups is 1. The van der Waals surface area contributed by atoms with E-state index < -0.39 is 12.1 Å². The van der Waals surface area contributed by atoms with Gasteiger partial charge in [0, 0.05) is 27.4 Å². The summed E-state index contributed by atoms with van der Waals surface area (Å²) in [4.78, 5) is 11.8. The van der Waals surface area contributed by atoms with Crippen LogP contribution in [0.3, 0.4) is 0 Å². The molecule has 0 radical (unpaired) electrons. The molecule has 2 aromatic carbocycles. The van der Waals surface area contributed by atoms with Crippen molar-refractivity contribution in [1.29, 1.82) is 0 Å². The minimum absolute atomic E-state index is 0.0284. The Hall–Kier alpha value is -1.49. The first-order chi connectivity index (χ1) is 14.1. The third kappa shape index (κ3) is 6.50. The van der Waals surface area contributed by atoms with Crippen molar-refractivity contribution >= 4 is 46.7 Å². The van der Waals surface area contributed by atoms with Crippen LogP contribution in [0.5, 0.6) is 0 Å². The van der Waals surface area contributed by atoms with E-state index in [2.05, 4.69) is 0 Å². The summed E-state index contributed by atoms with van der Waals surface area (Å²) in [5.41, 5.74) is 1.41. The Morgan fingerprint density at radius 2 is 1.73 bits per heavy atom. The average Bonchev–Trinajstić information content (AvgIpc) is 3.47. The van der Waals surface area contributed by atoms with Crippen molar-refractivity contribution in [2.24, 2.45) is 5.92 Å². The lowest BCUT2D eigenvalue weighted by Crippen LogP contribution is -2.18. The van der Waals surface area contributed by atoms with Crippen LogP contribution in [0.15, 0.2) is 42.5 Å². The van der Waals surface area contributed by atoms with E-state index in [1.54, 1.807) is 18.2 Å². The molecule has 0 aromatic heterocycles. The lowest BCUT2D eigenvalue weighted by atomic mass is 9.96. The maximum Gasteiger partial charge on any atom is 0.399 e. The molecule has 0 saturated heterocycles. The first-order valence-electron chi connectivity index (χ1n) is 9.65. The summed E-state index contributed by atoms with van der Waals surface area (Å²) in [5.74, 6) is -1.28. The predicted octanol–water partition coefficient (Wildman–Crippen LogP) is 8.31. The molecule has 1 aliphatic rings. The Kier molecular flexibility index (Phi) is 7.54. The minimum atomic E-state index is -4.50. The Bertz CT molecular complexity index is 929. The summed E-state index contributed by atoms with van der Waals surface area (Å²) in [6.07, 6.45) is 1.88. The predicted molar refractivity (Wildman–Crippen MR) is 116 cm³/mol. The molecule has 0 heterocycles. The Morgan fingerprint density at radius 3 is 2.30 bits per heavy atom. The molecule has 160 valence electrons. The molecular weight excluding hydrogens is 456 g/mol. The Balaban J connectivity index is 1.71. The monoisotopic (exact) mass is 474 g/mol. The second-order valence-corrected chi connectivity index (χ2v) is 8.81. The Morgan fingerprint density at radius 1 is 1.07 bits per heavy atom. The zero-order valence-electron chi connectivity index (χ0n) is 16.0. The van der Waals surface area contributed by atoms with E-state index in [9.17, 15) is 18.0 Å². The van der Waals surface area contributed by atoms with Gasteiger partial charge in [0.2, 0.25) is 0 Å². The van der Waals surface area contributed by atoms with E-state index in [1.165, 1.54) is 24.3 Å². The van der Waals surface area contributed by atoms with Gasteiger partial charge in [-0.3, -0.25) is 4.79 Å². The normalized spacial score (nSPS) is 15.5. The molecule has 1 nitrogen and oxygen atoms in total. The summed E-state index contributed by atoms with van der Waals surface area (Å²) in [7, 11) is 0. The summed E-state index contributed by atoms with van der Waals surface area (Å²) in [6.45, 7) is 0. The van der Waals surface area contributed by atoms with Gasteiger partial charge in [-0.05, 0) is 66.6 Å². The van der Waals surface area contributed by atoms with Gasteiger partial charge in [0.1, 0.15) is 5.78 Å². The van der Waals surface area contributed by atoms with E-state index in [1.807, 2.05) is 0 Å². The van der Waals surface area contributed by atoms with Gasteiger partial charge < -0.3 is 0 Å². The maximum atomic E-state index is 13.6. The fourth-order valence-electron chi connectivity index (χ4n) is 3.30. The fourth-order valence-corrected chi connectivity index (χ4v) is 4.13. The number of allylic oxidation sites excluding steroid dienone is 1. The standard InChI is InChI=1S/C23H20Cl3F3O/c24-18-11-17(12-19(25)13-18)20(23(27,28)29)9-5-14-4-6-15(21(26)10-14)2-1-3-22(30)16-7-8-16/h4-6,9-13,16,20H,1-3,7-8H2/b9-5+. The van der Waals surface area contributed by atoms with Crippen LogP contribution in [0.2, 0.25) is 15.1 Å². The van der Waals surface area contributed by atoms with Gasteiger partial charge in [0.25, 0.3) is 0 Å². The lowest BCUT2D eigenvalue weighted by molar-refractivity contribution is -0.139. The Labute approximate surface area is 188 Å². The smallest absolute Gasteiger partial charge is 0.299 e. The van der Waals surface area contributed by atoms with Crippen molar-refractivity contribution in [2.75, 3.05) is 0 Å². The molecule has 3 rings (SSSR count). The topological polar surface area (TPSA) is 17.1 Å². The van der Waals surface area contributed by atoms with Crippen LogP contribution in [-0.2, 0) is 11.2 Å². The second kappa shape index (κ2) is 9.76. The van der Waals surface area contributed by atoms with E-state index in [0.29, 0.717) is 29.2 Å². The molecule has 0 spiro atoms. The third-order valence-corrected chi connectivity index (χ3v) is 5.85. The SMILES string of the molecule is O=C(CCCc1ccc(/C=C/C(c2cc(Cl)cc(Cl)c2)C(F)(F)F)cc1Cl)C1CC1. The molecule has 0 amide bonds. The zero-order valence-corrected chi connectivity index (χ0v) is 18.3. The number of benzene rings is 2. The van der Waals surface area contributed by atoms with Crippen LogP contribution >= 0.6 is 34.8 Å². The molecule has 0 aliphatic heterocycles. The van der Waals surface area contributed by atoms with E-state index >= 15 is 0 Å². The van der Waals surface area contributed by atoms with Crippen LogP contribution in [0.1, 0.15) is 48.3 Å². The lowest BCUT2D eigenvalue weighted by Gasteiger charge is -2.18. The number of Topliss-reactive ketones (excluding diaryl/α,β-unsaturated/α-hetero) is 1. The highest BCUT2D eigenvalue weighted by molar-refractivity contribution is 6.34. The van der Waals surface area contributed by atoms with E-state index in [0.717, 1.165) is 30.9 Å². The van der Waals surface area contributed by atoms with Crippen LogP contribution in [-0.4, -0.2) is 12.0 Å². The highest BCUT2D eigenvalue weighted by Gasteiger charge is 2.39. The molecule has 0 N–H and O–H groups in total. The molecule has 1 atom stereocenters. The van der Waals surface area contributed by atoms with Gasteiger partial charge in [-0.1, -0.05) is 59.1 Å². The van der Waals surface area contributed by atoms with Crippen molar-refractivity contribution in [3.05, 3.63) is 74.2 Å². The van der Waals surface area contributed by atoms with Gasteiger partial charge in [-0.15, -0.1) is 0 Å². The summed E-state index contributed by atoms with van der Waals surface area (Å²) in [6, 6.07) is 9.06. The second-order valence-electron chi connectivity index (χ2n) is 7.53. The molecule has 7 heteroatoms. The molecule has 1 unspecified atom stereocenters. The summed E-state index contributed by atoms with van der Waals surface area (Å²) >= 11 is 18.0. The number of hydrogen-bond acceptors (Lipinski definition) is 1. The summed E-state index contributed by atoms with van der Waals surface area (Å²) in [5, 5.41) is 0.769. The molecule has 1 aliphatic carbocycles. The van der Waals surface area contributed by atoms with Crippen LogP contribution < -0.4 is 0 Å². The van der Waals surface area contributed by atoms with Crippen LogP contribution in [0.4, 0.5) is 13.2 Å². The molecule has 0 bridgehead atoms. The van der Waals surface area contributed by atoms with Gasteiger partial charge in [-0.2, -0.15) is 13.2 Å². The van der Waals surface area contributed by atoms with Crippen molar-refractivity contribution < 1.29 is 18.0 Å². The molecule has 2 aromatic rings. The molecular formula is C23H20Cl3F3O. The van der Waals surface area contributed by atoms with Crippen molar-refractivity contribution in [2.45, 2.75) is 44.2 Å². The highest BCUT2D eigenvalue weighted by atomic mass is 35.5. The molecule has 1 saturated carbocycles. The van der Waals surface area contributed by atoms with Crippen LogP contribution in [0.25, 0.3) is 6.08 Å². The number of hydrogen-bond donors (Lipinski definition) is 0. The van der Waals surface area contributed by atoms with E-state index in [4.69, 9.17) is 34.8 Å². The van der Waals surface area contributed by atoms with E-state index in [-0.39, 0.29) is 21.5 Å². The molecule has 1 fully saturated rings. The van der Waals surface area contributed by atoms with Gasteiger partial charge in [-0.25, -0.2) is 0 Å². The van der Waals surface area contributed by atoms with Crippen molar-refractivity contribution in [1.82, 2.24) is 0 Å². The van der Waals surface area contributed by atoms with Crippen molar-refractivity contribution in [3.63, 3.8) is 0 Å². The zero-order chi connectivity index (χ0) is 21.9. The van der Waals surface area contributed by atoms with Gasteiger partial charge >= 0.3 is 6.18 Å². The van der Waals surface area contributed by atoms with Gasteiger partial charge in [0.05, 0.1) is 5.92 Å². The maximum absolute atomic E-state index is 13.6. The summed E-state index contributed by atoms with van der Waals surface area (Å²) < 4.78 is 40.8. The highest BCUT2D eigenvalue weighted by Crippen LogP contribution is 2.38. The molecule has 30 heavy (non-hydrogen) atoms. The van der Waals surface area contributed by atoms with Gasteiger partial charge in [0.15, 0.2) is 0 Å². The number of halogens is 6. The first kappa shape index (κ1) is 23.2. The number of carbonyl (C=O) groups excluding carboxylic acids is 1. The van der Waals surface area contributed by atoms with Crippen LogP contribution in [0, 0.1) is 5.92 Å². The van der Waals surface area contributed by atoms with Crippen molar-refractivity contribution in [3.8, 4) is 0 Å². The average molecular weight is 476 g/mol. The third-order valence-electron chi connectivity index (χ3n) is 5.06. The number of alkyl halides is 3. The quantitative estimate of drug-likeness (QED) is 0.375. The number of ketones is 1. The first-order valence-corrected chi connectivity index (χ1v) is 10.8. The number of aryl methyl sites for hydroxylation is 1.